The maximum atomic E-state index is 12.8. The minimum Gasteiger partial charge on any atom is -0.399 e. The number of aromatic amines is 1. The van der Waals surface area contributed by atoms with Gasteiger partial charge in [0, 0.05) is 46.8 Å². The van der Waals surface area contributed by atoms with Crippen LogP contribution >= 0.6 is 0 Å². The fraction of sp³-hybridized carbons (Fsp3) is 0.0400. The number of anilines is 4. The smallest absolute Gasteiger partial charge is 0.255 e. The third-order valence-corrected chi connectivity index (χ3v) is 5.22. The topological polar surface area (TPSA) is 122 Å². The van der Waals surface area contributed by atoms with Gasteiger partial charge < -0.3 is 21.4 Å². The van der Waals surface area contributed by atoms with E-state index in [1.807, 2.05) is 37.4 Å². The summed E-state index contributed by atoms with van der Waals surface area (Å²) < 4.78 is 0. The van der Waals surface area contributed by atoms with Gasteiger partial charge in [-0.3, -0.25) is 9.78 Å². The molecule has 0 saturated heterocycles. The van der Waals surface area contributed by atoms with Crippen molar-refractivity contribution in [2.24, 2.45) is 0 Å². The Balaban J connectivity index is 1.48. The molecule has 0 radical (unpaired) electrons. The summed E-state index contributed by atoms with van der Waals surface area (Å²) >= 11 is 0. The molecule has 5 N–H and O–H groups in total. The number of aromatic nitrogens is 4. The summed E-state index contributed by atoms with van der Waals surface area (Å²) in [6.07, 6.45) is 5.26. The number of nitrogens with one attached hydrogen (secondary N) is 3. The number of carbonyl (C=O) groups is 1. The van der Waals surface area contributed by atoms with Crippen molar-refractivity contribution in [3.8, 4) is 11.4 Å². The van der Waals surface area contributed by atoms with Crippen LogP contribution in [0.5, 0.6) is 0 Å². The molecule has 0 bridgehead atoms. The van der Waals surface area contributed by atoms with Gasteiger partial charge in [-0.05, 0) is 61.0 Å². The molecule has 0 aliphatic carbocycles. The highest BCUT2D eigenvalue weighted by molar-refractivity contribution is 6.05. The molecular weight excluding hydrogens is 414 g/mol. The average Bonchev–Trinajstić information content (AvgIpc) is 3.30. The molecule has 5 rings (SSSR count). The Labute approximate surface area is 189 Å². The maximum Gasteiger partial charge on any atom is 0.255 e. The molecule has 3 aromatic heterocycles. The monoisotopic (exact) mass is 435 g/mol. The molecule has 0 atom stereocenters. The lowest BCUT2D eigenvalue weighted by Gasteiger charge is -2.13. The van der Waals surface area contributed by atoms with Crippen LogP contribution in [0.3, 0.4) is 0 Å². The van der Waals surface area contributed by atoms with E-state index in [2.05, 4.69) is 25.6 Å². The molecule has 0 unspecified atom stereocenters. The van der Waals surface area contributed by atoms with Crippen LogP contribution in [0.2, 0.25) is 0 Å². The molecule has 162 valence electrons. The Kier molecular flexibility index (Phi) is 5.16. The molecule has 33 heavy (non-hydrogen) atoms. The quantitative estimate of drug-likeness (QED) is 0.291. The van der Waals surface area contributed by atoms with Gasteiger partial charge in [0.1, 0.15) is 5.52 Å². The summed E-state index contributed by atoms with van der Waals surface area (Å²) in [5.41, 5.74) is 11.6. The van der Waals surface area contributed by atoms with Crippen molar-refractivity contribution < 1.29 is 4.79 Å². The minimum atomic E-state index is -0.229. The zero-order valence-electron chi connectivity index (χ0n) is 17.8. The molecule has 0 saturated carbocycles. The summed E-state index contributed by atoms with van der Waals surface area (Å²) in [7, 11) is 0. The molecule has 0 aliphatic rings. The van der Waals surface area contributed by atoms with E-state index in [0.717, 1.165) is 27.8 Å². The number of amides is 1. The number of pyridine rings is 1. The van der Waals surface area contributed by atoms with Gasteiger partial charge in [-0.1, -0.05) is 12.1 Å². The van der Waals surface area contributed by atoms with Crippen LogP contribution in [0.4, 0.5) is 22.9 Å². The van der Waals surface area contributed by atoms with Crippen LogP contribution in [-0.2, 0) is 0 Å². The Bertz CT molecular complexity index is 1460. The number of carbonyl (C=O) groups excluding carboxylic acids is 1. The molecule has 0 spiro atoms. The van der Waals surface area contributed by atoms with Crippen molar-refractivity contribution in [2.75, 3.05) is 16.4 Å². The van der Waals surface area contributed by atoms with Crippen LogP contribution in [0.15, 0.2) is 79.3 Å². The van der Waals surface area contributed by atoms with Crippen molar-refractivity contribution in [1.82, 2.24) is 19.9 Å². The van der Waals surface area contributed by atoms with E-state index in [9.17, 15) is 4.79 Å². The average molecular weight is 435 g/mol. The number of hydrogen-bond donors (Lipinski definition) is 4. The normalized spacial score (nSPS) is 10.8. The second-order valence-corrected chi connectivity index (χ2v) is 7.61. The van der Waals surface area contributed by atoms with Gasteiger partial charge in [0.05, 0.1) is 5.52 Å². The van der Waals surface area contributed by atoms with Crippen molar-refractivity contribution in [3.05, 3.63) is 90.4 Å². The lowest BCUT2D eigenvalue weighted by Crippen LogP contribution is -2.12. The van der Waals surface area contributed by atoms with Gasteiger partial charge in [0.15, 0.2) is 11.6 Å². The summed E-state index contributed by atoms with van der Waals surface area (Å²) in [5.74, 6) is 0.943. The Morgan fingerprint density at radius 2 is 1.94 bits per heavy atom. The van der Waals surface area contributed by atoms with Crippen molar-refractivity contribution >= 4 is 39.8 Å². The standard InChI is InChI=1S/C25H21N7O/c1-15-7-8-16(25(33)29-19-6-2-5-18(26)13-19)12-21(15)31-24-22-20(9-11-28-22)30-23(32-24)17-4-3-10-27-14-17/h2-14,28H,26H2,1H3,(H,29,33)(H,30,31,32). The lowest BCUT2D eigenvalue weighted by molar-refractivity contribution is 0.102. The lowest BCUT2D eigenvalue weighted by atomic mass is 10.1. The van der Waals surface area contributed by atoms with Crippen LogP contribution < -0.4 is 16.4 Å². The van der Waals surface area contributed by atoms with Gasteiger partial charge >= 0.3 is 0 Å². The zero-order chi connectivity index (χ0) is 22.8. The summed E-state index contributed by atoms with van der Waals surface area (Å²) in [6, 6.07) is 18.2. The van der Waals surface area contributed by atoms with E-state index in [0.29, 0.717) is 28.6 Å². The number of hydrogen-bond acceptors (Lipinski definition) is 6. The number of aryl methyl sites for hydroxylation is 1. The van der Waals surface area contributed by atoms with Crippen LogP contribution in [0.25, 0.3) is 22.4 Å². The van der Waals surface area contributed by atoms with E-state index >= 15 is 0 Å². The molecule has 0 fully saturated rings. The molecule has 5 aromatic rings. The number of nitrogen functional groups attached to an aromatic ring is 1. The molecule has 8 nitrogen and oxygen atoms in total. The first-order valence-corrected chi connectivity index (χ1v) is 10.4. The summed E-state index contributed by atoms with van der Waals surface area (Å²) in [4.78, 5) is 29.5. The van der Waals surface area contributed by atoms with E-state index in [-0.39, 0.29) is 5.91 Å². The number of fused-ring (bicyclic) bond motifs is 1. The number of nitrogens with zero attached hydrogens (tertiary/aromatic N) is 3. The molecular formula is C25H21N7O. The second kappa shape index (κ2) is 8.43. The molecule has 3 heterocycles. The number of rotatable bonds is 5. The highest BCUT2D eigenvalue weighted by atomic mass is 16.1. The van der Waals surface area contributed by atoms with Crippen molar-refractivity contribution in [3.63, 3.8) is 0 Å². The van der Waals surface area contributed by atoms with E-state index in [1.165, 1.54) is 0 Å². The SMILES string of the molecule is Cc1ccc(C(=O)Nc2cccc(N)c2)cc1Nc1nc(-c2cccnc2)nc2cc[nH]c12. The molecule has 2 aromatic carbocycles. The van der Waals surface area contributed by atoms with E-state index in [4.69, 9.17) is 10.7 Å². The highest BCUT2D eigenvalue weighted by Crippen LogP contribution is 2.28. The van der Waals surface area contributed by atoms with Gasteiger partial charge in [0.2, 0.25) is 0 Å². The highest BCUT2D eigenvalue weighted by Gasteiger charge is 2.14. The predicted molar refractivity (Wildman–Crippen MR) is 130 cm³/mol. The van der Waals surface area contributed by atoms with Crippen LogP contribution in [0.1, 0.15) is 15.9 Å². The van der Waals surface area contributed by atoms with Gasteiger partial charge in [-0.25, -0.2) is 9.97 Å². The minimum absolute atomic E-state index is 0.229. The van der Waals surface area contributed by atoms with E-state index < -0.39 is 0 Å². The summed E-state index contributed by atoms with van der Waals surface area (Å²) in [5, 5.41) is 6.26. The summed E-state index contributed by atoms with van der Waals surface area (Å²) in [6.45, 7) is 1.97. The van der Waals surface area contributed by atoms with Crippen molar-refractivity contribution in [1.29, 1.82) is 0 Å². The fourth-order valence-corrected chi connectivity index (χ4v) is 3.50. The Hall–Kier alpha value is -4.72. The molecule has 1 amide bonds. The van der Waals surface area contributed by atoms with Crippen molar-refractivity contribution in [2.45, 2.75) is 6.92 Å². The first-order chi connectivity index (χ1) is 16.1. The fourth-order valence-electron chi connectivity index (χ4n) is 3.50. The molecule has 8 heteroatoms. The largest absolute Gasteiger partial charge is 0.399 e. The van der Waals surface area contributed by atoms with E-state index in [1.54, 1.807) is 48.8 Å². The molecule has 0 aliphatic heterocycles. The van der Waals surface area contributed by atoms with Gasteiger partial charge in [0.25, 0.3) is 5.91 Å². The van der Waals surface area contributed by atoms with Crippen LogP contribution in [0, 0.1) is 6.92 Å². The maximum absolute atomic E-state index is 12.8. The first-order valence-electron chi connectivity index (χ1n) is 10.4. The second-order valence-electron chi connectivity index (χ2n) is 7.61. The Morgan fingerprint density at radius 3 is 2.76 bits per heavy atom. The van der Waals surface area contributed by atoms with Gasteiger partial charge in [-0.15, -0.1) is 0 Å². The first kappa shape index (κ1) is 20.2. The zero-order valence-corrected chi connectivity index (χ0v) is 17.8. The van der Waals surface area contributed by atoms with Crippen LogP contribution in [-0.4, -0.2) is 25.8 Å². The Morgan fingerprint density at radius 1 is 1.03 bits per heavy atom. The van der Waals surface area contributed by atoms with Gasteiger partial charge in [-0.2, -0.15) is 0 Å². The third kappa shape index (κ3) is 4.22. The predicted octanol–water partition coefficient (Wildman–Crippen LogP) is 4.91. The third-order valence-electron chi connectivity index (χ3n) is 5.22. The number of H-pyrrole nitrogens is 1. The number of benzene rings is 2. The number of nitrogens with two attached hydrogens (primary N) is 1.